The van der Waals surface area contributed by atoms with Crippen LogP contribution >= 0.6 is 11.3 Å². The first kappa shape index (κ1) is 16.9. The maximum Gasteiger partial charge on any atom is 0.225 e. The molecule has 1 aliphatic heterocycles. The average Bonchev–Trinajstić information content (AvgIpc) is 3.32. The quantitative estimate of drug-likeness (QED) is 0.906. The summed E-state index contributed by atoms with van der Waals surface area (Å²) in [5.41, 5.74) is 0.670. The zero-order chi connectivity index (χ0) is 17.3. The third-order valence-corrected chi connectivity index (χ3v) is 6.77. The Kier molecular flexibility index (Phi) is 4.69. The van der Waals surface area contributed by atoms with Crippen molar-refractivity contribution in [1.29, 1.82) is 0 Å². The topological polar surface area (TPSA) is 45.5 Å². The molecule has 0 bridgehead atoms. The van der Waals surface area contributed by atoms with E-state index in [-0.39, 0.29) is 17.9 Å². The van der Waals surface area contributed by atoms with Crippen molar-refractivity contribution in [3.8, 4) is 0 Å². The van der Waals surface area contributed by atoms with Gasteiger partial charge in [0.2, 0.25) is 5.91 Å². The Balaban J connectivity index is 1.47. The fourth-order valence-corrected chi connectivity index (χ4v) is 5.21. The second-order valence-electron chi connectivity index (χ2n) is 7.54. The molecule has 1 saturated carbocycles. The first-order valence-electron chi connectivity index (χ1n) is 9.30. The summed E-state index contributed by atoms with van der Waals surface area (Å²) < 4.78 is 2.13. The van der Waals surface area contributed by atoms with Crippen molar-refractivity contribution in [2.24, 2.45) is 5.92 Å². The maximum absolute atomic E-state index is 13.0. The van der Waals surface area contributed by atoms with Crippen molar-refractivity contribution in [1.82, 2.24) is 9.47 Å². The van der Waals surface area contributed by atoms with Crippen molar-refractivity contribution in [3.05, 3.63) is 46.9 Å². The molecule has 3 heterocycles. The van der Waals surface area contributed by atoms with E-state index in [1.807, 2.05) is 29.4 Å². The molecular weight excluding hydrogens is 332 g/mol. The number of piperidine rings is 1. The standard InChI is InChI=1S/C20H26N2O2S/c23-19(22-11-8-20(24)7-2-1-5-17(20)14-22)13-18(16-6-12-25-15-16)21-9-3-4-10-21/h3-4,6,9-10,12,15,17-18,24H,1-2,5,7-8,11,13-14H2/t17-,18-,20-/m1/s1. The molecule has 1 amide bonds. The number of amides is 1. The van der Waals surface area contributed by atoms with E-state index in [0.717, 1.165) is 32.2 Å². The van der Waals surface area contributed by atoms with E-state index in [2.05, 4.69) is 21.4 Å². The Hall–Kier alpha value is -1.59. The van der Waals surface area contributed by atoms with Gasteiger partial charge >= 0.3 is 0 Å². The average molecular weight is 359 g/mol. The zero-order valence-electron chi connectivity index (χ0n) is 14.5. The number of aromatic nitrogens is 1. The van der Waals surface area contributed by atoms with Gasteiger partial charge in [-0.1, -0.05) is 12.8 Å². The highest BCUT2D eigenvalue weighted by molar-refractivity contribution is 7.08. The van der Waals surface area contributed by atoms with Crippen LogP contribution in [0.5, 0.6) is 0 Å². The molecule has 1 aliphatic carbocycles. The molecule has 0 unspecified atom stereocenters. The molecule has 134 valence electrons. The Morgan fingerprint density at radius 3 is 2.92 bits per heavy atom. The van der Waals surface area contributed by atoms with E-state index >= 15 is 0 Å². The Labute approximate surface area is 153 Å². The second kappa shape index (κ2) is 6.96. The van der Waals surface area contributed by atoms with Crippen molar-refractivity contribution in [3.63, 3.8) is 0 Å². The lowest BCUT2D eigenvalue weighted by Crippen LogP contribution is -2.54. The lowest BCUT2D eigenvalue weighted by Gasteiger charge is -2.47. The molecule has 4 rings (SSSR count). The van der Waals surface area contributed by atoms with Crippen molar-refractivity contribution >= 4 is 17.2 Å². The third-order valence-electron chi connectivity index (χ3n) is 6.06. The monoisotopic (exact) mass is 358 g/mol. The molecule has 2 aromatic rings. The van der Waals surface area contributed by atoms with Crippen LogP contribution in [-0.4, -0.2) is 39.2 Å². The smallest absolute Gasteiger partial charge is 0.225 e. The largest absolute Gasteiger partial charge is 0.389 e. The number of carbonyl (C=O) groups excluding carboxylic acids is 1. The highest BCUT2D eigenvalue weighted by Crippen LogP contribution is 2.40. The van der Waals surface area contributed by atoms with Crippen LogP contribution < -0.4 is 0 Å². The summed E-state index contributed by atoms with van der Waals surface area (Å²) in [7, 11) is 0. The summed E-state index contributed by atoms with van der Waals surface area (Å²) >= 11 is 1.67. The fraction of sp³-hybridized carbons (Fsp3) is 0.550. The Morgan fingerprint density at radius 2 is 2.16 bits per heavy atom. The summed E-state index contributed by atoms with van der Waals surface area (Å²) in [6.45, 7) is 1.41. The highest BCUT2D eigenvalue weighted by Gasteiger charge is 2.43. The predicted molar refractivity (Wildman–Crippen MR) is 99.6 cm³/mol. The molecule has 2 fully saturated rings. The van der Waals surface area contributed by atoms with Gasteiger partial charge in [-0.3, -0.25) is 4.79 Å². The van der Waals surface area contributed by atoms with Gasteiger partial charge in [0.15, 0.2) is 0 Å². The maximum atomic E-state index is 13.0. The molecule has 0 radical (unpaired) electrons. The molecule has 1 saturated heterocycles. The molecule has 0 aromatic carbocycles. The number of likely N-dealkylation sites (tertiary alicyclic amines) is 1. The van der Waals surface area contributed by atoms with Gasteiger partial charge in [-0.25, -0.2) is 0 Å². The lowest BCUT2D eigenvalue weighted by molar-refractivity contribution is -0.143. The first-order valence-corrected chi connectivity index (χ1v) is 10.2. The summed E-state index contributed by atoms with van der Waals surface area (Å²) in [6.07, 6.45) is 9.53. The van der Waals surface area contributed by atoms with Gasteiger partial charge < -0.3 is 14.6 Å². The van der Waals surface area contributed by atoms with Gasteiger partial charge in [0, 0.05) is 31.4 Å². The normalized spacial score (nSPS) is 27.7. The van der Waals surface area contributed by atoms with Crippen LogP contribution in [0.3, 0.4) is 0 Å². The lowest BCUT2D eigenvalue weighted by atomic mass is 9.71. The highest BCUT2D eigenvalue weighted by atomic mass is 32.1. The van der Waals surface area contributed by atoms with E-state index in [1.54, 1.807) is 11.3 Å². The van der Waals surface area contributed by atoms with Gasteiger partial charge in [0.05, 0.1) is 18.1 Å². The van der Waals surface area contributed by atoms with Crippen molar-refractivity contribution < 1.29 is 9.90 Å². The predicted octanol–water partition coefficient (Wildman–Crippen LogP) is 3.68. The van der Waals surface area contributed by atoms with Crippen molar-refractivity contribution in [2.45, 2.75) is 50.2 Å². The van der Waals surface area contributed by atoms with Gasteiger partial charge in [-0.05, 0) is 53.8 Å². The van der Waals surface area contributed by atoms with Crippen LogP contribution in [0.4, 0.5) is 0 Å². The van der Waals surface area contributed by atoms with Crippen LogP contribution in [0, 0.1) is 5.92 Å². The van der Waals surface area contributed by atoms with Crippen molar-refractivity contribution in [2.75, 3.05) is 13.1 Å². The summed E-state index contributed by atoms with van der Waals surface area (Å²) in [6, 6.07) is 6.18. The van der Waals surface area contributed by atoms with Crippen LogP contribution in [0.25, 0.3) is 0 Å². The molecule has 2 aliphatic rings. The molecule has 25 heavy (non-hydrogen) atoms. The van der Waals surface area contributed by atoms with E-state index in [4.69, 9.17) is 0 Å². The van der Waals surface area contributed by atoms with E-state index in [1.165, 1.54) is 12.0 Å². The number of rotatable bonds is 4. The number of hydrogen-bond acceptors (Lipinski definition) is 3. The molecule has 1 N–H and O–H groups in total. The Bertz CT molecular complexity index is 663. The van der Waals surface area contributed by atoms with Crippen LogP contribution in [-0.2, 0) is 4.79 Å². The minimum Gasteiger partial charge on any atom is -0.389 e. The number of hydrogen-bond donors (Lipinski definition) is 1. The number of carbonyl (C=O) groups is 1. The number of aliphatic hydroxyl groups is 1. The number of thiophene rings is 1. The second-order valence-corrected chi connectivity index (χ2v) is 8.32. The van der Waals surface area contributed by atoms with Crippen LogP contribution in [0.2, 0.25) is 0 Å². The summed E-state index contributed by atoms with van der Waals surface area (Å²) in [5.74, 6) is 0.461. The Morgan fingerprint density at radius 1 is 1.32 bits per heavy atom. The van der Waals surface area contributed by atoms with Gasteiger partial charge in [-0.15, -0.1) is 0 Å². The molecule has 5 heteroatoms. The fourth-order valence-electron chi connectivity index (χ4n) is 4.51. The molecule has 3 atom stereocenters. The third kappa shape index (κ3) is 3.40. The molecule has 2 aromatic heterocycles. The van der Waals surface area contributed by atoms with E-state index in [0.29, 0.717) is 13.0 Å². The van der Waals surface area contributed by atoms with Gasteiger partial charge in [-0.2, -0.15) is 11.3 Å². The number of nitrogens with zero attached hydrogens (tertiary/aromatic N) is 2. The number of fused-ring (bicyclic) bond motifs is 1. The summed E-state index contributed by atoms with van der Waals surface area (Å²) in [5, 5.41) is 15.0. The first-order chi connectivity index (χ1) is 12.2. The minimum atomic E-state index is -0.526. The molecule has 0 spiro atoms. The van der Waals surface area contributed by atoms with E-state index < -0.39 is 5.60 Å². The molecule has 4 nitrogen and oxygen atoms in total. The van der Waals surface area contributed by atoms with Gasteiger partial charge in [0.25, 0.3) is 0 Å². The van der Waals surface area contributed by atoms with Gasteiger partial charge in [0.1, 0.15) is 0 Å². The molecular formula is C20H26N2O2S. The summed E-state index contributed by atoms with van der Waals surface area (Å²) in [4.78, 5) is 15.0. The van der Waals surface area contributed by atoms with Crippen LogP contribution in [0.15, 0.2) is 41.4 Å². The van der Waals surface area contributed by atoms with E-state index in [9.17, 15) is 9.90 Å². The minimum absolute atomic E-state index is 0.0564. The van der Waals surface area contributed by atoms with Crippen LogP contribution in [0.1, 0.15) is 50.1 Å². The SMILES string of the molecule is O=C(C[C@H](c1ccsc1)n1cccc1)N1CC[C@]2(O)CCCC[C@@H]2C1. The zero-order valence-corrected chi connectivity index (χ0v) is 15.3.